The van der Waals surface area contributed by atoms with E-state index >= 15 is 0 Å². The van der Waals surface area contributed by atoms with Crippen molar-refractivity contribution in [3.8, 4) is 11.5 Å². The third-order valence-corrected chi connectivity index (χ3v) is 3.84. The summed E-state index contributed by atoms with van der Waals surface area (Å²) >= 11 is 0. The van der Waals surface area contributed by atoms with E-state index in [-0.39, 0.29) is 6.04 Å². The van der Waals surface area contributed by atoms with Crippen LogP contribution in [0.4, 0.5) is 0 Å². The first kappa shape index (κ1) is 15.2. The van der Waals surface area contributed by atoms with E-state index in [1.165, 1.54) is 25.7 Å². The summed E-state index contributed by atoms with van der Waals surface area (Å²) in [7, 11) is 0. The van der Waals surface area contributed by atoms with Crippen LogP contribution in [0.3, 0.4) is 0 Å². The topological polar surface area (TPSA) is 44.5 Å². The van der Waals surface area contributed by atoms with Crippen molar-refractivity contribution < 1.29 is 9.47 Å². The summed E-state index contributed by atoms with van der Waals surface area (Å²) in [6.07, 6.45) is 6.08. The van der Waals surface area contributed by atoms with E-state index < -0.39 is 0 Å². The molecule has 0 bridgehead atoms. The maximum atomic E-state index is 6.13. The van der Waals surface area contributed by atoms with Gasteiger partial charge in [-0.25, -0.2) is 0 Å². The number of para-hydroxylation sites is 1. The number of hydrogen-bond acceptors (Lipinski definition) is 3. The molecule has 112 valence electrons. The summed E-state index contributed by atoms with van der Waals surface area (Å²) in [5, 5.41) is 0. The molecule has 1 atom stereocenters. The van der Waals surface area contributed by atoms with Crippen LogP contribution in [-0.4, -0.2) is 19.3 Å². The first-order chi connectivity index (χ1) is 9.70. The van der Waals surface area contributed by atoms with Gasteiger partial charge in [0, 0.05) is 6.04 Å². The van der Waals surface area contributed by atoms with Crippen molar-refractivity contribution in [1.82, 2.24) is 0 Å². The molecule has 0 aromatic heterocycles. The highest BCUT2D eigenvalue weighted by atomic mass is 16.5. The van der Waals surface area contributed by atoms with Crippen LogP contribution in [-0.2, 0) is 6.42 Å². The van der Waals surface area contributed by atoms with Gasteiger partial charge in [0.05, 0.1) is 13.2 Å². The maximum absolute atomic E-state index is 6.13. The molecular formula is C17H27NO2. The van der Waals surface area contributed by atoms with Crippen molar-refractivity contribution in [2.45, 2.75) is 52.0 Å². The van der Waals surface area contributed by atoms with Crippen LogP contribution in [0.25, 0.3) is 0 Å². The van der Waals surface area contributed by atoms with Crippen LogP contribution >= 0.6 is 0 Å². The van der Waals surface area contributed by atoms with Crippen molar-refractivity contribution in [1.29, 1.82) is 0 Å². The highest BCUT2D eigenvalue weighted by Gasteiger charge is 2.18. The minimum Gasteiger partial charge on any atom is -0.490 e. The predicted octanol–water partition coefficient (Wildman–Crippen LogP) is 3.54. The first-order valence-corrected chi connectivity index (χ1v) is 7.83. The summed E-state index contributed by atoms with van der Waals surface area (Å²) < 4.78 is 11.8. The molecule has 0 radical (unpaired) electrons. The van der Waals surface area contributed by atoms with E-state index in [9.17, 15) is 0 Å². The summed E-state index contributed by atoms with van der Waals surface area (Å²) in [6.45, 7) is 5.48. The largest absolute Gasteiger partial charge is 0.490 e. The lowest BCUT2D eigenvalue weighted by Crippen LogP contribution is -2.19. The Morgan fingerprint density at radius 2 is 2.00 bits per heavy atom. The van der Waals surface area contributed by atoms with Crippen molar-refractivity contribution in [2.24, 2.45) is 11.7 Å². The Kier molecular flexibility index (Phi) is 5.72. The number of nitrogens with two attached hydrogens (primary N) is 1. The van der Waals surface area contributed by atoms with Gasteiger partial charge in [0.2, 0.25) is 0 Å². The van der Waals surface area contributed by atoms with Gasteiger partial charge in [0.1, 0.15) is 0 Å². The second-order valence-electron chi connectivity index (χ2n) is 5.82. The van der Waals surface area contributed by atoms with E-state index in [1.807, 2.05) is 26.0 Å². The van der Waals surface area contributed by atoms with Gasteiger partial charge < -0.3 is 15.2 Å². The molecule has 1 aliphatic carbocycles. The Balaban J connectivity index is 2.11. The molecular weight excluding hydrogens is 250 g/mol. The lowest BCUT2D eigenvalue weighted by molar-refractivity contribution is 0.232. The predicted molar refractivity (Wildman–Crippen MR) is 82.4 cm³/mol. The summed E-state index contributed by atoms with van der Waals surface area (Å²) in [6, 6.07) is 6.22. The molecule has 0 aliphatic heterocycles. The number of rotatable bonds is 7. The highest BCUT2D eigenvalue weighted by Crippen LogP contribution is 2.34. The highest BCUT2D eigenvalue weighted by molar-refractivity contribution is 5.47. The first-order valence-electron chi connectivity index (χ1n) is 7.83. The molecule has 0 saturated heterocycles. The molecule has 2 rings (SSSR count). The summed E-state index contributed by atoms with van der Waals surface area (Å²) in [4.78, 5) is 0. The molecule has 1 aromatic carbocycles. The van der Waals surface area contributed by atoms with E-state index in [0.29, 0.717) is 12.5 Å². The average Bonchev–Trinajstić information content (AvgIpc) is 2.91. The molecule has 0 amide bonds. The van der Waals surface area contributed by atoms with Crippen LogP contribution in [0.5, 0.6) is 11.5 Å². The minimum absolute atomic E-state index is 0.126. The molecule has 2 N–H and O–H groups in total. The standard InChI is InChI=1S/C17H27NO2/c1-3-19-16-10-6-9-15(11-13(2)18)17(16)20-12-14-7-4-5-8-14/h6,9-10,13-14H,3-5,7-8,11-12,18H2,1-2H3. The normalized spacial score (nSPS) is 17.1. The lowest BCUT2D eigenvalue weighted by Gasteiger charge is -2.19. The summed E-state index contributed by atoms with van der Waals surface area (Å²) in [5.74, 6) is 2.45. The van der Waals surface area contributed by atoms with Gasteiger partial charge in [-0.1, -0.05) is 25.0 Å². The summed E-state index contributed by atoms with van der Waals surface area (Å²) in [5.41, 5.74) is 7.10. The fourth-order valence-electron chi connectivity index (χ4n) is 2.88. The lowest BCUT2D eigenvalue weighted by atomic mass is 10.1. The van der Waals surface area contributed by atoms with Crippen LogP contribution in [0, 0.1) is 5.92 Å². The van der Waals surface area contributed by atoms with Crippen LogP contribution in [0.2, 0.25) is 0 Å². The molecule has 3 nitrogen and oxygen atoms in total. The number of hydrogen-bond donors (Lipinski definition) is 1. The number of ether oxygens (including phenoxy) is 2. The van der Waals surface area contributed by atoms with Crippen LogP contribution < -0.4 is 15.2 Å². The molecule has 1 saturated carbocycles. The Morgan fingerprint density at radius 1 is 1.25 bits per heavy atom. The molecule has 1 aliphatic rings. The monoisotopic (exact) mass is 277 g/mol. The second kappa shape index (κ2) is 7.53. The number of benzene rings is 1. The molecule has 1 unspecified atom stereocenters. The Bertz CT molecular complexity index is 411. The Labute approximate surface area is 122 Å². The Hall–Kier alpha value is -1.22. The third-order valence-electron chi connectivity index (χ3n) is 3.84. The van der Waals surface area contributed by atoms with Crippen molar-refractivity contribution in [3.05, 3.63) is 23.8 Å². The van der Waals surface area contributed by atoms with Gasteiger partial charge in [-0.3, -0.25) is 0 Å². The maximum Gasteiger partial charge on any atom is 0.164 e. The molecule has 3 heteroatoms. The second-order valence-corrected chi connectivity index (χ2v) is 5.82. The van der Waals surface area contributed by atoms with Crippen molar-refractivity contribution in [3.63, 3.8) is 0 Å². The van der Waals surface area contributed by atoms with Crippen LogP contribution in [0.15, 0.2) is 18.2 Å². The zero-order valence-corrected chi connectivity index (χ0v) is 12.7. The molecule has 1 fully saturated rings. The molecule has 20 heavy (non-hydrogen) atoms. The van der Waals surface area contributed by atoms with E-state index in [4.69, 9.17) is 15.2 Å². The van der Waals surface area contributed by atoms with Gasteiger partial charge >= 0.3 is 0 Å². The van der Waals surface area contributed by atoms with Gasteiger partial charge in [-0.15, -0.1) is 0 Å². The Morgan fingerprint density at radius 3 is 2.65 bits per heavy atom. The van der Waals surface area contributed by atoms with Gasteiger partial charge in [0.25, 0.3) is 0 Å². The fraction of sp³-hybridized carbons (Fsp3) is 0.647. The zero-order chi connectivity index (χ0) is 14.4. The zero-order valence-electron chi connectivity index (χ0n) is 12.7. The fourth-order valence-corrected chi connectivity index (χ4v) is 2.88. The average molecular weight is 277 g/mol. The molecule has 0 spiro atoms. The SMILES string of the molecule is CCOc1cccc(CC(C)N)c1OCC1CCCC1. The van der Waals surface area contributed by atoms with Gasteiger partial charge in [0.15, 0.2) is 11.5 Å². The van der Waals surface area contributed by atoms with E-state index in [0.717, 1.165) is 30.1 Å². The van der Waals surface area contributed by atoms with E-state index in [2.05, 4.69) is 6.07 Å². The van der Waals surface area contributed by atoms with Crippen LogP contribution in [0.1, 0.15) is 45.1 Å². The smallest absolute Gasteiger partial charge is 0.164 e. The third kappa shape index (κ3) is 4.14. The van der Waals surface area contributed by atoms with Gasteiger partial charge in [-0.2, -0.15) is 0 Å². The molecule has 0 heterocycles. The van der Waals surface area contributed by atoms with Crippen molar-refractivity contribution >= 4 is 0 Å². The molecule has 1 aromatic rings. The minimum atomic E-state index is 0.126. The quantitative estimate of drug-likeness (QED) is 0.829. The van der Waals surface area contributed by atoms with E-state index in [1.54, 1.807) is 0 Å². The van der Waals surface area contributed by atoms with Gasteiger partial charge in [-0.05, 0) is 50.7 Å². The van der Waals surface area contributed by atoms with Crippen molar-refractivity contribution in [2.75, 3.05) is 13.2 Å².